The Bertz CT molecular complexity index is 920. The highest BCUT2D eigenvalue weighted by molar-refractivity contribution is 6.23. The van der Waals surface area contributed by atoms with Crippen molar-refractivity contribution in [2.45, 2.75) is 19.4 Å². The van der Waals surface area contributed by atoms with Crippen molar-refractivity contribution >= 4 is 23.4 Å². The van der Waals surface area contributed by atoms with Crippen molar-refractivity contribution < 1.29 is 19.1 Å². The fourth-order valence-corrected chi connectivity index (χ4v) is 3.30. The fraction of sp³-hybridized carbons (Fsp3) is 0.227. The predicted molar refractivity (Wildman–Crippen MR) is 106 cm³/mol. The summed E-state index contributed by atoms with van der Waals surface area (Å²) in [6, 6.07) is 13.0. The summed E-state index contributed by atoms with van der Waals surface area (Å²) < 4.78 is 5.11. The molecule has 0 aliphatic carbocycles. The number of carbonyl (C=O) groups is 3. The minimum atomic E-state index is -0.861. The molecule has 0 saturated carbocycles. The van der Waals surface area contributed by atoms with Gasteiger partial charge >= 0.3 is 0 Å². The molecule has 1 aliphatic rings. The quantitative estimate of drug-likeness (QED) is 0.573. The monoisotopic (exact) mass is 378 g/mol. The molecule has 6 nitrogen and oxygen atoms in total. The van der Waals surface area contributed by atoms with Crippen LogP contribution in [0.5, 0.6) is 5.75 Å². The molecule has 1 fully saturated rings. The lowest BCUT2D eigenvalue weighted by Crippen LogP contribution is -2.45. The second kappa shape index (κ2) is 8.08. The van der Waals surface area contributed by atoms with Gasteiger partial charge in [-0.3, -0.25) is 14.4 Å². The SMILES string of the molecule is C=CCN(C(=O)c1cccc(C)c1)C1CC(=O)N(c2ccc(OC)cc2)C1=O. The number of benzene rings is 2. The number of aryl methyl sites for hydroxylation is 1. The Labute approximate surface area is 164 Å². The molecule has 1 aliphatic heterocycles. The number of carbonyl (C=O) groups excluding carboxylic acids is 3. The lowest BCUT2D eigenvalue weighted by molar-refractivity contribution is -0.122. The summed E-state index contributed by atoms with van der Waals surface area (Å²) in [5.41, 5.74) is 1.88. The summed E-state index contributed by atoms with van der Waals surface area (Å²) >= 11 is 0. The van der Waals surface area contributed by atoms with E-state index in [-0.39, 0.29) is 24.8 Å². The van der Waals surface area contributed by atoms with Crippen LogP contribution in [0.1, 0.15) is 22.3 Å². The minimum Gasteiger partial charge on any atom is -0.497 e. The third kappa shape index (κ3) is 3.67. The zero-order valence-corrected chi connectivity index (χ0v) is 15.9. The largest absolute Gasteiger partial charge is 0.497 e. The van der Waals surface area contributed by atoms with Crippen LogP contribution in [-0.2, 0) is 9.59 Å². The van der Waals surface area contributed by atoms with Gasteiger partial charge in [0.05, 0.1) is 19.2 Å². The number of imide groups is 1. The van der Waals surface area contributed by atoms with Gasteiger partial charge in [-0.15, -0.1) is 6.58 Å². The van der Waals surface area contributed by atoms with E-state index in [2.05, 4.69) is 6.58 Å². The van der Waals surface area contributed by atoms with Crippen LogP contribution in [0, 0.1) is 6.92 Å². The molecule has 2 aromatic rings. The van der Waals surface area contributed by atoms with Gasteiger partial charge in [-0.1, -0.05) is 23.8 Å². The van der Waals surface area contributed by atoms with Crippen molar-refractivity contribution in [3.05, 3.63) is 72.3 Å². The molecule has 0 N–H and O–H groups in total. The standard InChI is InChI=1S/C22H22N2O4/c1-4-12-23(21(26)16-7-5-6-15(2)13-16)19-14-20(25)24(22(19)27)17-8-10-18(28-3)11-9-17/h4-11,13,19H,1,12,14H2,2-3H3. The van der Waals surface area contributed by atoms with Crippen LogP contribution in [0.15, 0.2) is 61.2 Å². The normalized spacial score (nSPS) is 16.2. The molecule has 0 radical (unpaired) electrons. The topological polar surface area (TPSA) is 66.9 Å². The fourth-order valence-electron chi connectivity index (χ4n) is 3.30. The van der Waals surface area contributed by atoms with Crippen molar-refractivity contribution in [3.63, 3.8) is 0 Å². The summed E-state index contributed by atoms with van der Waals surface area (Å²) in [5.74, 6) is -0.432. The van der Waals surface area contributed by atoms with E-state index in [0.29, 0.717) is 17.0 Å². The number of methoxy groups -OCH3 is 1. The summed E-state index contributed by atoms with van der Waals surface area (Å²) in [4.78, 5) is 41.2. The highest BCUT2D eigenvalue weighted by Gasteiger charge is 2.44. The van der Waals surface area contributed by atoms with Gasteiger partial charge in [0.15, 0.2) is 0 Å². The molecule has 1 saturated heterocycles. The number of rotatable bonds is 6. The molecule has 3 rings (SSSR count). The van der Waals surface area contributed by atoms with E-state index in [9.17, 15) is 14.4 Å². The van der Waals surface area contributed by atoms with Crippen LogP contribution in [0.3, 0.4) is 0 Å². The van der Waals surface area contributed by atoms with Gasteiger partial charge in [0.25, 0.3) is 11.8 Å². The van der Waals surface area contributed by atoms with E-state index in [0.717, 1.165) is 10.5 Å². The van der Waals surface area contributed by atoms with Gasteiger partial charge in [0.1, 0.15) is 11.8 Å². The zero-order valence-electron chi connectivity index (χ0n) is 15.9. The molecule has 1 unspecified atom stereocenters. The summed E-state index contributed by atoms with van der Waals surface area (Å²) in [6.45, 7) is 5.75. The molecule has 144 valence electrons. The Balaban J connectivity index is 1.89. The Kier molecular flexibility index (Phi) is 5.59. The lowest BCUT2D eigenvalue weighted by atomic mass is 10.1. The van der Waals surface area contributed by atoms with Crippen LogP contribution < -0.4 is 9.64 Å². The Morgan fingerprint density at radius 1 is 1.25 bits per heavy atom. The number of hydrogen-bond donors (Lipinski definition) is 0. The van der Waals surface area contributed by atoms with Crippen LogP contribution in [0.25, 0.3) is 0 Å². The average molecular weight is 378 g/mol. The average Bonchev–Trinajstić information content (AvgIpc) is 2.99. The van der Waals surface area contributed by atoms with E-state index in [1.165, 1.54) is 4.90 Å². The minimum absolute atomic E-state index is 0.0593. The van der Waals surface area contributed by atoms with Gasteiger partial charge in [0.2, 0.25) is 5.91 Å². The molecule has 1 heterocycles. The first-order valence-corrected chi connectivity index (χ1v) is 8.95. The first-order valence-electron chi connectivity index (χ1n) is 8.95. The molecule has 3 amide bonds. The first-order chi connectivity index (χ1) is 13.5. The molecular formula is C22H22N2O4. The number of ether oxygens (including phenoxy) is 1. The summed E-state index contributed by atoms with van der Waals surface area (Å²) in [5, 5.41) is 0. The van der Waals surface area contributed by atoms with Crippen molar-refractivity contribution in [1.29, 1.82) is 0 Å². The Hall–Kier alpha value is -3.41. The van der Waals surface area contributed by atoms with E-state index < -0.39 is 11.9 Å². The Morgan fingerprint density at radius 2 is 1.96 bits per heavy atom. The highest BCUT2D eigenvalue weighted by atomic mass is 16.5. The molecule has 6 heteroatoms. The third-order valence-corrected chi connectivity index (χ3v) is 4.68. The van der Waals surface area contributed by atoms with Crippen molar-refractivity contribution in [3.8, 4) is 5.75 Å². The van der Waals surface area contributed by atoms with E-state index >= 15 is 0 Å². The summed E-state index contributed by atoms with van der Waals surface area (Å²) in [7, 11) is 1.54. The molecule has 0 spiro atoms. The van der Waals surface area contributed by atoms with Crippen LogP contribution in [-0.4, -0.2) is 42.3 Å². The van der Waals surface area contributed by atoms with E-state index in [4.69, 9.17) is 4.74 Å². The summed E-state index contributed by atoms with van der Waals surface area (Å²) in [6.07, 6.45) is 1.50. The number of amides is 3. The maximum absolute atomic E-state index is 13.0. The second-order valence-corrected chi connectivity index (χ2v) is 6.60. The van der Waals surface area contributed by atoms with Gasteiger partial charge < -0.3 is 9.64 Å². The molecule has 28 heavy (non-hydrogen) atoms. The van der Waals surface area contributed by atoms with Crippen molar-refractivity contribution in [2.24, 2.45) is 0 Å². The first kappa shape index (κ1) is 19.4. The van der Waals surface area contributed by atoms with Gasteiger partial charge in [0, 0.05) is 12.1 Å². The smallest absolute Gasteiger partial charge is 0.257 e. The van der Waals surface area contributed by atoms with Crippen molar-refractivity contribution in [2.75, 3.05) is 18.6 Å². The molecule has 2 aromatic carbocycles. The highest BCUT2D eigenvalue weighted by Crippen LogP contribution is 2.28. The number of nitrogens with zero attached hydrogens (tertiary/aromatic N) is 2. The van der Waals surface area contributed by atoms with Gasteiger partial charge in [-0.05, 0) is 43.3 Å². The number of anilines is 1. The van der Waals surface area contributed by atoms with E-state index in [1.807, 2.05) is 13.0 Å². The Morgan fingerprint density at radius 3 is 2.57 bits per heavy atom. The van der Waals surface area contributed by atoms with Crippen LogP contribution >= 0.6 is 0 Å². The van der Waals surface area contributed by atoms with Crippen LogP contribution in [0.4, 0.5) is 5.69 Å². The molecule has 1 atom stereocenters. The van der Waals surface area contributed by atoms with Gasteiger partial charge in [-0.25, -0.2) is 4.90 Å². The lowest BCUT2D eigenvalue weighted by Gasteiger charge is -2.26. The predicted octanol–water partition coefficient (Wildman–Crippen LogP) is 2.96. The number of hydrogen-bond acceptors (Lipinski definition) is 4. The van der Waals surface area contributed by atoms with Crippen LogP contribution in [0.2, 0.25) is 0 Å². The van der Waals surface area contributed by atoms with E-state index in [1.54, 1.807) is 55.7 Å². The third-order valence-electron chi connectivity index (χ3n) is 4.68. The maximum Gasteiger partial charge on any atom is 0.257 e. The molecule has 0 bridgehead atoms. The van der Waals surface area contributed by atoms with Crippen molar-refractivity contribution in [1.82, 2.24) is 4.90 Å². The zero-order chi connectivity index (χ0) is 20.3. The molecule has 0 aromatic heterocycles. The molecular weight excluding hydrogens is 356 g/mol. The second-order valence-electron chi connectivity index (χ2n) is 6.60. The van der Waals surface area contributed by atoms with Gasteiger partial charge in [-0.2, -0.15) is 0 Å². The maximum atomic E-state index is 13.0.